The normalized spacial score (nSPS) is 22.4. The molecule has 14 heavy (non-hydrogen) atoms. The Morgan fingerprint density at radius 3 is 3.00 bits per heavy atom. The molecule has 4 heteroatoms. The van der Waals surface area contributed by atoms with Gasteiger partial charge < -0.3 is 10.6 Å². The van der Waals surface area contributed by atoms with E-state index in [2.05, 4.69) is 25.8 Å². The largest absolute Gasteiger partial charge is 0.355 e. The molecule has 76 valence electrons. The fourth-order valence-electron chi connectivity index (χ4n) is 1.77. The summed E-state index contributed by atoms with van der Waals surface area (Å²) in [7, 11) is 0. The summed E-state index contributed by atoms with van der Waals surface area (Å²) in [5, 5.41) is 0. The van der Waals surface area contributed by atoms with Crippen LogP contribution in [0.25, 0.3) is 0 Å². The molecule has 0 amide bonds. The predicted molar refractivity (Wildman–Crippen MR) is 61.4 cm³/mol. The number of aromatic nitrogens is 1. The smallest absolute Gasteiger partial charge is 0.128 e. The van der Waals surface area contributed by atoms with Gasteiger partial charge in [-0.15, -0.1) is 0 Å². The average Bonchev–Trinajstić information content (AvgIpc) is 2.19. The van der Waals surface area contributed by atoms with E-state index in [1.165, 1.54) is 6.42 Å². The van der Waals surface area contributed by atoms with Crippen LogP contribution in [0.2, 0.25) is 0 Å². The number of nitrogens with zero attached hydrogens (tertiary/aromatic N) is 2. The lowest BCUT2D eigenvalue weighted by atomic mass is 10.1. The summed E-state index contributed by atoms with van der Waals surface area (Å²) in [4.78, 5) is 6.61. The van der Waals surface area contributed by atoms with Crippen molar-refractivity contribution in [3.63, 3.8) is 0 Å². The molecule has 1 atom stereocenters. The maximum atomic E-state index is 5.91. The third-order valence-corrected chi connectivity index (χ3v) is 2.96. The van der Waals surface area contributed by atoms with Gasteiger partial charge in [0.2, 0.25) is 0 Å². The first kappa shape index (κ1) is 9.93. The molecule has 2 heterocycles. The van der Waals surface area contributed by atoms with Crippen molar-refractivity contribution in [2.45, 2.75) is 18.9 Å². The van der Waals surface area contributed by atoms with Gasteiger partial charge in [-0.3, -0.25) is 0 Å². The summed E-state index contributed by atoms with van der Waals surface area (Å²) in [6, 6.07) is 4.35. The molecule has 1 saturated heterocycles. The van der Waals surface area contributed by atoms with E-state index < -0.39 is 0 Å². The van der Waals surface area contributed by atoms with Gasteiger partial charge in [-0.2, -0.15) is 0 Å². The Morgan fingerprint density at radius 2 is 2.36 bits per heavy atom. The van der Waals surface area contributed by atoms with E-state index in [0.29, 0.717) is 6.04 Å². The molecule has 0 unspecified atom stereocenters. The van der Waals surface area contributed by atoms with Crippen molar-refractivity contribution < 1.29 is 0 Å². The summed E-state index contributed by atoms with van der Waals surface area (Å²) in [5.74, 6) is 1.03. The number of nitrogens with two attached hydrogens (primary N) is 1. The lowest BCUT2D eigenvalue weighted by Crippen LogP contribution is -2.43. The van der Waals surface area contributed by atoms with Gasteiger partial charge in [-0.1, -0.05) is 0 Å². The van der Waals surface area contributed by atoms with E-state index in [1.54, 1.807) is 0 Å². The van der Waals surface area contributed by atoms with E-state index in [0.717, 1.165) is 29.8 Å². The fraction of sp³-hybridized carbons (Fsp3) is 0.500. The molecule has 2 rings (SSSR count). The van der Waals surface area contributed by atoms with Crippen LogP contribution >= 0.6 is 15.9 Å². The molecule has 0 aromatic carbocycles. The van der Waals surface area contributed by atoms with E-state index in [-0.39, 0.29) is 0 Å². The Hall–Kier alpha value is -0.610. The molecule has 0 bridgehead atoms. The van der Waals surface area contributed by atoms with Crippen LogP contribution in [0.15, 0.2) is 22.8 Å². The number of halogens is 1. The standard InChI is InChI=1S/C10H14BrN3/c11-8-3-4-10(13-6-8)14-5-1-2-9(12)7-14/h3-4,6,9H,1-2,5,7,12H2/t9-/m0/s1. The highest BCUT2D eigenvalue weighted by Gasteiger charge is 2.17. The van der Waals surface area contributed by atoms with E-state index >= 15 is 0 Å². The van der Waals surface area contributed by atoms with Crippen LogP contribution in [-0.2, 0) is 0 Å². The van der Waals surface area contributed by atoms with E-state index in [9.17, 15) is 0 Å². The zero-order chi connectivity index (χ0) is 9.97. The molecular weight excluding hydrogens is 242 g/mol. The van der Waals surface area contributed by atoms with Crippen LogP contribution in [0, 0.1) is 0 Å². The Labute approximate surface area is 92.4 Å². The molecule has 1 aromatic rings. The van der Waals surface area contributed by atoms with Crippen LogP contribution in [-0.4, -0.2) is 24.1 Å². The van der Waals surface area contributed by atoms with Crippen molar-refractivity contribution in [2.75, 3.05) is 18.0 Å². The second kappa shape index (κ2) is 4.28. The van der Waals surface area contributed by atoms with E-state index in [4.69, 9.17) is 5.73 Å². The van der Waals surface area contributed by atoms with Crippen molar-refractivity contribution >= 4 is 21.7 Å². The molecule has 1 aromatic heterocycles. The van der Waals surface area contributed by atoms with Crippen molar-refractivity contribution in [3.8, 4) is 0 Å². The van der Waals surface area contributed by atoms with Crippen molar-refractivity contribution in [1.82, 2.24) is 4.98 Å². The number of hydrogen-bond donors (Lipinski definition) is 1. The molecule has 0 spiro atoms. The second-order valence-corrected chi connectivity index (χ2v) is 4.60. The van der Waals surface area contributed by atoms with Gasteiger partial charge in [0, 0.05) is 29.8 Å². The summed E-state index contributed by atoms with van der Waals surface area (Å²) in [5.41, 5.74) is 5.91. The van der Waals surface area contributed by atoms with Crippen LogP contribution in [0.5, 0.6) is 0 Å². The molecule has 0 saturated carbocycles. The predicted octanol–water partition coefficient (Wildman–Crippen LogP) is 1.77. The summed E-state index contributed by atoms with van der Waals surface area (Å²) in [6.07, 6.45) is 4.13. The van der Waals surface area contributed by atoms with Gasteiger partial charge in [-0.25, -0.2) is 4.98 Å². The SMILES string of the molecule is N[C@H]1CCCN(c2ccc(Br)cn2)C1. The van der Waals surface area contributed by atoms with Gasteiger partial charge in [0.1, 0.15) is 5.82 Å². The van der Waals surface area contributed by atoms with Crippen LogP contribution in [0.4, 0.5) is 5.82 Å². The topological polar surface area (TPSA) is 42.1 Å². The van der Waals surface area contributed by atoms with Gasteiger partial charge in [0.05, 0.1) is 0 Å². The van der Waals surface area contributed by atoms with Crippen LogP contribution in [0.1, 0.15) is 12.8 Å². The molecule has 1 aliphatic rings. The van der Waals surface area contributed by atoms with Crippen molar-refractivity contribution in [3.05, 3.63) is 22.8 Å². The lowest BCUT2D eigenvalue weighted by Gasteiger charge is -2.31. The number of anilines is 1. The average molecular weight is 256 g/mol. The highest BCUT2D eigenvalue weighted by Crippen LogP contribution is 2.18. The fourth-order valence-corrected chi connectivity index (χ4v) is 2.01. The molecule has 3 nitrogen and oxygen atoms in total. The second-order valence-electron chi connectivity index (χ2n) is 3.68. The molecule has 0 radical (unpaired) electrons. The third kappa shape index (κ3) is 2.25. The quantitative estimate of drug-likeness (QED) is 0.832. The molecule has 1 fully saturated rings. The van der Waals surface area contributed by atoms with Crippen molar-refractivity contribution in [1.29, 1.82) is 0 Å². The first-order valence-electron chi connectivity index (χ1n) is 4.88. The third-order valence-electron chi connectivity index (χ3n) is 2.49. The maximum absolute atomic E-state index is 5.91. The molecule has 0 aliphatic carbocycles. The maximum Gasteiger partial charge on any atom is 0.128 e. The number of hydrogen-bond acceptors (Lipinski definition) is 3. The Bertz CT molecular complexity index is 299. The first-order chi connectivity index (χ1) is 6.75. The zero-order valence-corrected chi connectivity index (χ0v) is 9.57. The van der Waals surface area contributed by atoms with Gasteiger partial charge >= 0.3 is 0 Å². The monoisotopic (exact) mass is 255 g/mol. The first-order valence-corrected chi connectivity index (χ1v) is 5.67. The van der Waals surface area contributed by atoms with Gasteiger partial charge in [-0.05, 0) is 40.9 Å². The van der Waals surface area contributed by atoms with Gasteiger partial charge in [0.25, 0.3) is 0 Å². The summed E-state index contributed by atoms with van der Waals surface area (Å²) < 4.78 is 1.02. The Kier molecular flexibility index (Phi) is 3.03. The number of pyridine rings is 1. The Balaban J connectivity index is 2.10. The molecule has 2 N–H and O–H groups in total. The molecular formula is C10H14BrN3. The zero-order valence-electron chi connectivity index (χ0n) is 7.99. The number of rotatable bonds is 1. The lowest BCUT2D eigenvalue weighted by molar-refractivity contribution is 0.503. The highest BCUT2D eigenvalue weighted by atomic mass is 79.9. The molecule has 1 aliphatic heterocycles. The highest BCUT2D eigenvalue weighted by molar-refractivity contribution is 9.10. The van der Waals surface area contributed by atoms with Crippen molar-refractivity contribution in [2.24, 2.45) is 5.73 Å². The van der Waals surface area contributed by atoms with E-state index in [1.807, 2.05) is 18.3 Å². The van der Waals surface area contributed by atoms with Crippen LogP contribution < -0.4 is 10.6 Å². The minimum absolute atomic E-state index is 0.300. The van der Waals surface area contributed by atoms with Gasteiger partial charge in [0.15, 0.2) is 0 Å². The minimum Gasteiger partial charge on any atom is -0.355 e. The number of piperidine rings is 1. The summed E-state index contributed by atoms with van der Waals surface area (Å²) >= 11 is 3.38. The summed E-state index contributed by atoms with van der Waals surface area (Å²) in [6.45, 7) is 2.00. The van der Waals surface area contributed by atoms with Crippen LogP contribution in [0.3, 0.4) is 0 Å². The minimum atomic E-state index is 0.300. The Morgan fingerprint density at radius 1 is 1.50 bits per heavy atom.